The van der Waals surface area contributed by atoms with Crippen LogP contribution in [0.15, 0.2) is 48.7 Å². The van der Waals surface area contributed by atoms with Crippen molar-refractivity contribution in [2.75, 3.05) is 25.0 Å². The van der Waals surface area contributed by atoms with Gasteiger partial charge < -0.3 is 10.4 Å². The lowest BCUT2D eigenvalue weighted by molar-refractivity contribution is 0.184. The van der Waals surface area contributed by atoms with E-state index in [1.165, 1.54) is 5.56 Å². The number of pyridine rings is 1. The molecule has 4 nitrogen and oxygen atoms in total. The molecule has 2 aromatic rings. The smallest absolute Gasteiger partial charge is 0.125 e. The van der Waals surface area contributed by atoms with Crippen LogP contribution >= 0.6 is 0 Å². The number of aliphatic hydroxyl groups excluding tert-OH is 1. The average Bonchev–Trinajstić information content (AvgIpc) is 2.51. The van der Waals surface area contributed by atoms with Crippen molar-refractivity contribution in [2.24, 2.45) is 0 Å². The molecule has 0 aliphatic rings. The molecule has 2 N–H and O–H groups in total. The van der Waals surface area contributed by atoms with E-state index in [2.05, 4.69) is 40.3 Å². The first-order valence-electron chi connectivity index (χ1n) is 7.37. The Hall–Kier alpha value is -1.91. The molecule has 0 aliphatic heterocycles. The highest BCUT2D eigenvalue weighted by atomic mass is 16.3. The lowest BCUT2D eigenvalue weighted by atomic mass is 10.2. The molecule has 0 bridgehead atoms. The number of nitrogens with zero attached hydrogens (tertiary/aromatic N) is 2. The van der Waals surface area contributed by atoms with E-state index in [1.807, 2.05) is 30.5 Å². The number of aliphatic hydroxyl groups is 1. The number of hydrogen-bond acceptors (Lipinski definition) is 4. The molecule has 0 saturated heterocycles. The molecule has 1 aromatic carbocycles. The Morgan fingerprint density at radius 1 is 1.05 bits per heavy atom. The van der Waals surface area contributed by atoms with Gasteiger partial charge in [-0.2, -0.15) is 0 Å². The fourth-order valence-corrected chi connectivity index (χ4v) is 2.26. The van der Waals surface area contributed by atoms with Crippen molar-refractivity contribution in [1.82, 2.24) is 9.88 Å². The van der Waals surface area contributed by atoms with Crippen LogP contribution in [-0.2, 0) is 13.1 Å². The summed E-state index contributed by atoms with van der Waals surface area (Å²) in [7, 11) is 0. The lowest BCUT2D eigenvalue weighted by Gasteiger charge is -2.21. The third-order valence-electron chi connectivity index (χ3n) is 3.25. The second kappa shape index (κ2) is 8.39. The van der Waals surface area contributed by atoms with E-state index >= 15 is 0 Å². The van der Waals surface area contributed by atoms with E-state index < -0.39 is 0 Å². The summed E-state index contributed by atoms with van der Waals surface area (Å²) in [5, 5.41) is 12.4. The van der Waals surface area contributed by atoms with Gasteiger partial charge in [-0.15, -0.1) is 0 Å². The number of hydrogen-bond donors (Lipinski definition) is 2. The fourth-order valence-electron chi connectivity index (χ4n) is 2.26. The SMILES string of the molecule is CCNc1ccc(CN(CCO)Cc2ccccc2)cn1. The van der Waals surface area contributed by atoms with Crippen molar-refractivity contribution in [3.8, 4) is 0 Å². The van der Waals surface area contributed by atoms with Crippen molar-refractivity contribution in [2.45, 2.75) is 20.0 Å². The standard InChI is InChI=1S/C17H23N3O/c1-2-18-17-9-8-16(12-19-17)14-20(10-11-21)13-15-6-4-3-5-7-15/h3-9,12,21H,2,10-11,13-14H2,1H3,(H,18,19). The van der Waals surface area contributed by atoms with E-state index in [9.17, 15) is 5.11 Å². The predicted octanol–water partition coefficient (Wildman–Crippen LogP) is 2.51. The zero-order valence-electron chi connectivity index (χ0n) is 12.5. The first-order chi connectivity index (χ1) is 10.3. The van der Waals surface area contributed by atoms with E-state index in [0.717, 1.165) is 31.0 Å². The van der Waals surface area contributed by atoms with Crippen LogP contribution in [0.2, 0.25) is 0 Å². The summed E-state index contributed by atoms with van der Waals surface area (Å²) < 4.78 is 0. The number of rotatable bonds is 8. The quantitative estimate of drug-likeness (QED) is 0.782. The molecular weight excluding hydrogens is 262 g/mol. The van der Waals surface area contributed by atoms with E-state index in [0.29, 0.717) is 6.54 Å². The van der Waals surface area contributed by atoms with Crippen LogP contribution in [0.4, 0.5) is 5.82 Å². The Labute approximate surface area is 126 Å². The minimum Gasteiger partial charge on any atom is -0.395 e. The molecule has 0 aliphatic carbocycles. The normalized spacial score (nSPS) is 10.8. The molecule has 0 amide bonds. The monoisotopic (exact) mass is 285 g/mol. The van der Waals surface area contributed by atoms with Crippen LogP contribution in [0.5, 0.6) is 0 Å². The molecule has 0 radical (unpaired) electrons. The maximum absolute atomic E-state index is 9.24. The third kappa shape index (κ3) is 5.17. The highest BCUT2D eigenvalue weighted by Crippen LogP contribution is 2.11. The maximum atomic E-state index is 9.24. The van der Waals surface area contributed by atoms with Gasteiger partial charge in [0, 0.05) is 32.4 Å². The summed E-state index contributed by atoms with van der Waals surface area (Å²) in [6, 6.07) is 14.4. The van der Waals surface area contributed by atoms with Crippen LogP contribution < -0.4 is 5.32 Å². The van der Waals surface area contributed by atoms with Gasteiger partial charge in [0.2, 0.25) is 0 Å². The molecule has 0 saturated carbocycles. The largest absolute Gasteiger partial charge is 0.395 e. The molecule has 0 fully saturated rings. The summed E-state index contributed by atoms with van der Waals surface area (Å²) >= 11 is 0. The van der Waals surface area contributed by atoms with Crippen molar-refractivity contribution in [3.05, 3.63) is 59.8 Å². The van der Waals surface area contributed by atoms with E-state index in [4.69, 9.17) is 0 Å². The molecule has 2 rings (SSSR count). The van der Waals surface area contributed by atoms with Gasteiger partial charge in [0.1, 0.15) is 5.82 Å². The maximum Gasteiger partial charge on any atom is 0.125 e. The van der Waals surface area contributed by atoms with Gasteiger partial charge in [-0.3, -0.25) is 4.90 Å². The molecular formula is C17H23N3O. The van der Waals surface area contributed by atoms with Crippen LogP contribution in [0, 0.1) is 0 Å². The molecule has 4 heteroatoms. The number of nitrogens with one attached hydrogen (secondary N) is 1. The second-order valence-corrected chi connectivity index (χ2v) is 5.00. The summed E-state index contributed by atoms with van der Waals surface area (Å²) in [6.45, 7) is 5.36. The number of benzene rings is 1. The van der Waals surface area contributed by atoms with Gasteiger partial charge in [0.25, 0.3) is 0 Å². The minimum atomic E-state index is 0.162. The van der Waals surface area contributed by atoms with Gasteiger partial charge in [-0.05, 0) is 24.1 Å². The minimum absolute atomic E-state index is 0.162. The topological polar surface area (TPSA) is 48.4 Å². The predicted molar refractivity (Wildman–Crippen MR) is 86.0 cm³/mol. The first-order valence-corrected chi connectivity index (χ1v) is 7.37. The number of anilines is 1. The van der Waals surface area contributed by atoms with Crippen molar-refractivity contribution in [1.29, 1.82) is 0 Å². The lowest BCUT2D eigenvalue weighted by Crippen LogP contribution is -2.26. The Morgan fingerprint density at radius 3 is 2.43 bits per heavy atom. The first kappa shape index (κ1) is 15.5. The molecule has 112 valence electrons. The van der Waals surface area contributed by atoms with Crippen LogP contribution in [-0.4, -0.2) is 34.7 Å². The second-order valence-electron chi connectivity index (χ2n) is 5.00. The fraction of sp³-hybridized carbons (Fsp3) is 0.353. The zero-order chi connectivity index (χ0) is 14.9. The van der Waals surface area contributed by atoms with Crippen LogP contribution in [0.25, 0.3) is 0 Å². The Morgan fingerprint density at radius 2 is 1.81 bits per heavy atom. The molecule has 0 atom stereocenters. The van der Waals surface area contributed by atoms with Gasteiger partial charge in [0.05, 0.1) is 6.61 Å². The summed E-state index contributed by atoms with van der Waals surface area (Å²) in [4.78, 5) is 6.61. The summed E-state index contributed by atoms with van der Waals surface area (Å²) in [5.74, 6) is 0.901. The molecule has 0 unspecified atom stereocenters. The Kier molecular flexibility index (Phi) is 6.19. The molecule has 1 aromatic heterocycles. The van der Waals surface area contributed by atoms with Gasteiger partial charge in [0.15, 0.2) is 0 Å². The molecule has 21 heavy (non-hydrogen) atoms. The van der Waals surface area contributed by atoms with E-state index in [-0.39, 0.29) is 6.61 Å². The van der Waals surface area contributed by atoms with Crippen molar-refractivity contribution >= 4 is 5.82 Å². The zero-order valence-corrected chi connectivity index (χ0v) is 12.5. The van der Waals surface area contributed by atoms with Crippen LogP contribution in [0.1, 0.15) is 18.1 Å². The van der Waals surface area contributed by atoms with Gasteiger partial charge in [-0.1, -0.05) is 36.4 Å². The highest BCUT2D eigenvalue weighted by molar-refractivity contribution is 5.35. The highest BCUT2D eigenvalue weighted by Gasteiger charge is 2.07. The Bertz CT molecular complexity index is 513. The third-order valence-corrected chi connectivity index (χ3v) is 3.25. The van der Waals surface area contributed by atoms with Crippen molar-refractivity contribution in [3.63, 3.8) is 0 Å². The van der Waals surface area contributed by atoms with E-state index in [1.54, 1.807) is 0 Å². The average molecular weight is 285 g/mol. The molecule has 1 heterocycles. The summed E-state index contributed by atoms with van der Waals surface area (Å²) in [6.07, 6.45) is 1.90. The van der Waals surface area contributed by atoms with Gasteiger partial charge in [-0.25, -0.2) is 4.98 Å². The summed E-state index contributed by atoms with van der Waals surface area (Å²) in [5.41, 5.74) is 2.41. The number of aromatic nitrogens is 1. The van der Waals surface area contributed by atoms with Crippen molar-refractivity contribution < 1.29 is 5.11 Å². The molecule has 0 spiro atoms. The van der Waals surface area contributed by atoms with Crippen LogP contribution in [0.3, 0.4) is 0 Å². The Balaban J connectivity index is 1.98. The van der Waals surface area contributed by atoms with Gasteiger partial charge >= 0.3 is 0 Å².